The van der Waals surface area contributed by atoms with Crippen LogP contribution >= 0.6 is 0 Å². The first-order chi connectivity index (χ1) is 18.9. The van der Waals surface area contributed by atoms with Gasteiger partial charge in [-0.25, -0.2) is 17.2 Å². The Morgan fingerprint density at radius 3 is 2.60 bits per heavy atom. The van der Waals surface area contributed by atoms with Gasteiger partial charge in [0.2, 0.25) is 10.0 Å². The molecule has 15 heteroatoms. The highest BCUT2D eigenvalue weighted by molar-refractivity contribution is 7.88. The van der Waals surface area contributed by atoms with Crippen LogP contribution in [0.5, 0.6) is 5.75 Å². The minimum atomic E-state index is -4.86. The summed E-state index contributed by atoms with van der Waals surface area (Å²) in [6, 6.07) is 4.45. The van der Waals surface area contributed by atoms with Gasteiger partial charge in [0.1, 0.15) is 36.0 Å². The zero-order valence-electron chi connectivity index (χ0n) is 20.8. The maximum Gasteiger partial charge on any atom is 0.416 e. The molecular weight excluding hydrogens is 565 g/mol. The number of fused-ring (bicyclic) bond motifs is 1. The molecule has 2 saturated heterocycles. The Kier molecular flexibility index (Phi) is 7.31. The molecule has 1 aromatic heterocycles. The lowest BCUT2D eigenvalue weighted by Gasteiger charge is -2.46. The summed E-state index contributed by atoms with van der Waals surface area (Å²) in [5, 5.41) is 3.63. The molecule has 0 aliphatic carbocycles. The van der Waals surface area contributed by atoms with E-state index in [-0.39, 0.29) is 53.5 Å². The second-order valence-corrected chi connectivity index (χ2v) is 11.3. The Balaban J connectivity index is 1.45. The third-order valence-electron chi connectivity index (χ3n) is 6.79. The van der Waals surface area contributed by atoms with Crippen LogP contribution in [0.25, 0.3) is 11.1 Å². The Morgan fingerprint density at radius 2 is 1.93 bits per heavy atom. The van der Waals surface area contributed by atoms with Crippen molar-refractivity contribution in [3.63, 3.8) is 0 Å². The molecule has 40 heavy (non-hydrogen) atoms. The topological polar surface area (TPSA) is 102 Å². The number of methoxy groups -OCH3 is 1. The Labute approximate surface area is 225 Å². The number of alkyl halides is 3. The number of hydrogen-bond acceptors (Lipinski definition) is 7. The van der Waals surface area contributed by atoms with E-state index >= 15 is 4.39 Å². The second kappa shape index (κ2) is 10.4. The quantitative estimate of drug-likeness (QED) is 0.402. The number of morpholine rings is 1. The Morgan fingerprint density at radius 1 is 1.15 bits per heavy atom. The molecular formula is C25H22F5N3O6S. The summed E-state index contributed by atoms with van der Waals surface area (Å²) in [6.45, 7) is -0.481. The van der Waals surface area contributed by atoms with Crippen LogP contribution in [-0.4, -0.2) is 62.7 Å². The number of amides is 1. The van der Waals surface area contributed by atoms with E-state index in [2.05, 4.69) is 5.16 Å². The van der Waals surface area contributed by atoms with Crippen LogP contribution < -0.4 is 9.64 Å². The zero-order valence-corrected chi connectivity index (χ0v) is 21.6. The molecule has 9 nitrogen and oxygen atoms in total. The summed E-state index contributed by atoms with van der Waals surface area (Å²) < 4.78 is 112. The van der Waals surface area contributed by atoms with E-state index < -0.39 is 58.1 Å². The van der Waals surface area contributed by atoms with E-state index in [4.69, 9.17) is 14.0 Å². The predicted octanol–water partition coefficient (Wildman–Crippen LogP) is 3.98. The van der Waals surface area contributed by atoms with Gasteiger partial charge in [0.05, 0.1) is 36.2 Å². The van der Waals surface area contributed by atoms with Gasteiger partial charge >= 0.3 is 6.18 Å². The normalized spacial score (nSPS) is 20.4. The summed E-state index contributed by atoms with van der Waals surface area (Å²) in [6.07, 6.45) is -4.22. The van der Waals surface area contributed by atoms with Crippen LogP contribution in [0.1, 0.15) is 17.7 Å². The van der Waals surface area contributed by atoms with Gasteiger partial charge in [0.15, 0.2) is 0 Å². The first kappa shape index (κ1) is 28.0. The molecule has 0 radical (unpaired) electrons. The molecule has 0 bridgehead atoms. The van der Waals surface area contributed by atoms with Crippen LogP contribution in [0, 0.1) is 11.6 Å². The first-order valence-electron chi connectivity index (χ1n) is 11.9. The fraction of sp³-hybridized carbons (Fsp3) is 0.360. The Hall–Kier alpha value is -3.56. The van der Waals surface area contributed by atoms with Crippen LogP contribution in [-0.2, 0) is 31.5 Å². The number of piperidine rings is 1. The highest BCUT2D eigenvalue weighted by Gasteiger charge is 2.44. The summed E-state index contributed by atoms with van der Waals surface area (Å²) in [5.74, 6) is -3.21. The highest BCUT2D eigenvalue weighted by atomic mass is 32.2. The number of ether oxygens (including phenoxy) is 2. The average molecular weight is 588 g/mol. The maximum atomic E-state index is 15.4. The molecule has 3 aromatic rings. The number of sulfonamides is 1. The first-order valence-corrected chi connectivity index (χ1v) is 13.5. The van der Waals surface area contributed by atoms with E-state index in [0.29, 0.717) is 12.1 Å². The van der Waals surface area contributed by atoms with Crippen LogP contribution in [0.4, 0.5) is 27.6 Å². The van der Waals surface area contributed by atoms with Gasteiger partial charge in [-0.2, -0.15) is 17.5 Å². The fourth-order valence-electron chi connectivity index (χ4n) is 4.95. The lowest BCUT2D eigenvalue weighted by Crippen LogP contribution is -2.62. The van der Waals surface area contributed by atoms with Gasteiger partial charge in [-0.1, -0.05) is 5.16 Å². The summed E-state index contributed by atoms with van der Waals surface area (Å²) in [7, 11) is -2.56. The van der Waals surface area contributed by atoms with Crippen molar-refractivity contribution in [3.8, 4) is 16.9 Å². The third-order valence-corrected chi connectivity index (χ3v) is 8.57. The van der Waals surface area contributed by atoms with Crippen LogP contribution in [0.3, 0.4) is 0 Å². The highest BCUT2D eigenvalue weighted by Crippen LogP contribution is 2.41. The molecule has 0 N–H and O–H groups in total. The molecule has 2 aliphatic rings. The minimum Gasteiger partial charge on any atom is -0.495 e. The average Bonchev–Trinajstić information content (AvgIpc) is 3.39. The molecule has 214 valence electrons. The largest absolute Gasteiger partial charge is 0.495 e. The summed E-state index contributed by atoms with van der Waals surface area (Å²) >= 11 is 0. The van der Waals surface area contributed by atoms with Crippen molar-refractivity contribution in [3.05, 3.63) is 65.6 Å². The van der Waals surface area contributed by atoms with Gasteiger partial charge in [-0.15, -0.1) is 0 Å². The van der Waals surface area contributed by atoms with Crippen molar-refractivity contribution in [1.82, 2.24) is 9.46 Å². The van der Waals surface area contributed by atoms with E-state index in [9.17, 15) is 30.8 Å². The van der Waals surface area contributed by atoms with E-state index in [1.54, 1.807) is 0 Å². The SMILES string of the molecule is COc1cc(-c2cc(F)cc(C(F)(F)F)c2)c(F)cc1N1C(=O)CO[C@H]2CN(S(=O)(=O)Cc3ccon3)CC[C@@H]21. The van der Waals surface area contributed by atoms with Gasteiger partial charge in [-0.3, -0.25) is 4.79 Å². The molecule has 2 aliphatic heterocycles. The monoisotopic (exact) mass is 587 g/mol. The van der Waals surface area contributed by atoms with Gasteiger partial charge < -0.3 is 18.9 Å². The van der Waals surface area contributed by atoms with E-state index in [1.807, 2.05) is 0 Å². The minimum absolute atomic E-state index is 0.0154. The summed E-state index contributed by atoms with van der Waals surface area (Å²) in [4.78, 5) is 14.2. The van der Waals surface area contributed by atoms with Gasteiger partial charge in [0, 0.05) is 30.8 Å². The third kappa shape index (κ3) is 5.40. The number of rotatable bonds is 6. The number of carbonyl (C=O) groups excluding carboxylic acids is 1. The molecule has 5 rings (SSSR count). The number of hydrogen-bond donors (Lipinski definition) is 0. The van der Waals surface area contributed by atoms with Gasteiger partial charge in [0.25, 0.3) is 5.91 Å². The molecule has 0 unspecified atom stereocenters. The standard InChI is InChI=1S/C25H22F5N3O6S/c1-37-22-9-18(14-6-15(25(28,29)30)8-16(26)7-14)19(27)10-21(22)33-20-2-4-32(11-23(20)38-12-24(33)34)40(35,36)13-17-3-5-39-31-17/h3,5-10,20,23H,2,4,11-13H2,1H3/t20-,23-/m0/s1. The number of benzene rings is 2. The second-order valence-electron chi connectivity index (χ2n) is 9.30. The van der Waals surface area contributed by atoms with E-state index in [1.165, 1.54) is 28.6 Å². The maximum absolute atomic E-state index is 15.4. The smallest absolute Gasteiger partial charge is 0.416 e. The van der Waals surface area contributed by atoms with Crippen molar-refractivity contribution in [2.75, 3.05) is 31.7 Å². The zero-order chi connectivity index (χ0) is 28.8. The molecule has 0 spiro atoms. The molecule has 1 amide bonds. The number of anilines is 1. The molecule has 3 heterocycles. The van der Waals surface area contributed by atoms with E-state index in [0.717, 1.165) is 18.2 Å². The predicted molar refractivity (Wildman–Crippen MR) is 130 cm³/mol. The molecule has 2 fully saturated rings. The molecule has 0 saturated carbocycles. The Bertz CT molecular complexity index is 1530. The lowest BCUT2D eigenvalue weighted by atomic mass is 9.97. The van der Waals surface area contributed by atoms with Crippen LogP contribution in [0.15, 0.2) is 47.2 Å². The van der Waals surface area contributed by atoms with Crippen molar-refractivity contribution >= 4 is 21.6 Å². The van der Waals surface area contributed by atoms with Crippen molar-refractivity contribution in [1.29, 1.82) is 0 Å². The summed E-state index contributed by atoms with van der Waals surface area (Å²) in [5.41, 5.74) is -1.81. The number of aromatic nitrogens is 1. The lowest BCUT2D eigenvalue weighted by molar-refractivity contribution is -0.137. The number of carbonyl (C=O) groups is 1. The van der Waals surface area contributed by atoms with Gasteiger partial charge in [-0.05, 0) is 36.2 Å². The fourth-order valence-corrected chi connectivity index (χ4v) is 6.41. The molecule has 2 aromatic carbocycles. The number of nitrogens with zero attached hydrogens (tertiary/aromatic N) is 3. The molecule has 2 atom stereocenters. The number of halogens is 5. The van der Waals surface area contributed by atoms with Crippen LogP contribution in [0.2, 0.25) is 0 Å². The van der Waals surface area contributed by atoms with Crippen molar-refractivity contribution in [2.24, 2.45) is 0 Å². The van der Waals surface area contributed by atoms with Crippen molar-refractivity contribution in [2.45, 2.75) is 30.5 Å². The van der Waals surface area contributed by atoms with Crippen molar-refractivity contribution < 1.29 is 49.2 Å².